The minimum absolute atomic E-state index is 0.170. The second-order valence-corrected chi connectivity index (χ2v) is 11.1. The summed E-state index contributed by atoms with van der Waals surface area (Å²) >= 11 is 4.97. The lowest BCUT2D eigenvalue weighted by Crippen LogP contribution is -2.36. The molecule has 0 bridgehead atoms. The molecule has 1 aliphatic carbocycles. The molecule has 1 amide bonds. The molecule has 3 rings (SSSR count). The topological polar surface area (TPSA) is 54.9 Å². The molecule has 28 heavy (non-hydrogen) atoms. The molecule has 0 saturated heterocycles. The van der Waals surface area contributed by atoms with Crippen LogP contribution in [0.1, 0.15) is 69.4 Å². The second-order valence-electron chi connectivity index (χ2n) is 7.52. The Morgan fingerprint density at radius 3 is 2.46 bits per heavy atom. The third-order valence-electron chi connectivity index (χ3n) is 4.92. The van der Waals surface area contributed by atoms with E-state index in [0.717, 1.165) is 33.0 Å². The van der Waals surface area contributed by atoms with Gasteiger partial charge in [0.1, 0.15) is 0 Å². The van der Waals surface area contributed by atoms with E-state index >= 15 is 0 Å². The molecule has 152 valence electrons. The predicted molar refractivity (Wildman–Crippen MR) is 120 cm³/mol. The van der Waals surface area contributed by atoms with Crippen molar-refractivity contribution in [2.45, 2.75) is 78.8 Å². The van der Waals surface area contributed by atoms with Gasteiger partial charge in [0.05, 0.1) is 0 Å². The monoisotopic (exact) mass is 435 g/mol. The van der Waals surface area contributed by atoms with Crippen molar-refractivity contribution >= 4 is 40.8 Å². The van der Waals surface area contributed by atoms with Crippen LogP contribution >= 0.6 is 34.9 Å². The molecule has 1 N–H and O–H groups in total. The van der Waals surface area contributed by atoms with Gasteiger partial charge in [0.15, 0.2) is 8.68 Å². The fourth-order valence-corrected chi connectivity index (χ4v) is 6.22. The molecule has 0 atom stereocenters. The van der Waals surface area contributed by atoms with E-state index in [9.17, 15) is 4.79 Å². The highest BCUT2D eigenvalue weighted by Gasteiger charge is 2.15. The number of nitrogens with zero attached hydrogens (tertiary/aromatic N) is 2. The summed E-state index contributed by atoms with van der Waals surface area (Å²) < 4.78 is 1.94. The molecule has 0 spiro atoms. The molecule has 1 aromatic heterocycles. The van der Waals surface area contributed by atoms with Gasteiger partial charge in [0.2, 0.25) is 5.91 Å². The molecule has 1 aromatic carbocycles. The zero-order valence-electron chi connectivity index (χ0n) is 16.6. The maximum absolute atomic E-state index is 12.1. The molecule has 0 radical (unpaired) electrons. The molecule has 1 heterocycles. The van der Waals surface area contributed by atoms with E-state index in [1.165, 1.54) is 30.4 Å². The average Bonchev–Trinajstić information content (AvgIpc) is 3.15. The first kappa shape index (κ1) is 21.7. The van der Waals surface area contributed by atoms with Crippen molar-refractivity contribution in [2.24, 2.45) is 0 Å². The average molecular weight is 436 g/mol. The minimum Gasteiger partial charge on any atom is -0.353 e. The van der Waals surface area contributed by atoms with Gasteiger partial charge in [0, 0.05) is 24.0 Å². The first-order chi connectivity index (χ1) is 13.6. The lowest BCUT2D eigenvalue weighted by molar-refractivity contribution is -0.121. The number of hydrogen-bond donors (Lipinski definition) is 1. The number of carbonyl (C=O) groups excluding carboxylic acids is 1. The number of aromatic nitrogens is 2. The minimum atomic E-state index is 0.170. The third-order valence-corrected chi connectivity index (χ3v) is 8.18. The summed E-state index contributed by atoms with van der Waals surface area (Å²) in [6, 6.07) is 9.21. The van der Waals surface area contributed by atoms with Crippen LogP contribution in [0.25, 0.3) is 0 Å². The van der Waals surface area contributed by atoms with E-state index in [-0.39, 0.29) is 5.91 Å². The van der Waals surface area contributed by atoms with E-state index in [0.29, 0.717) is 18.4 Å². The summed E-state index contributed by atoms with van der Waals surface area (Å²) in [6.07, 6.45) is 6.61. The first-order valence-corrected chi connectivity index (χ1v) is 12.9. The van der Waals surface area contributed by atoms with Gasteiger partial charge in [-0.05, 0) is 29.9 Å². The zero-order chi connectivity index (χ0) is 19.8. The zero-order valence-corrected chi connectivity index (χ0v) is 19.1. The normalized spacial score (nSPS) is 15.1. The number of thioether (sulfide) groups is 2. The van der Waals surface area contributed by atoms with Crippen LogP contribution in [0.3, 0.4) is 0 Å². The Morgan fingerprint density at radius 1 is 1.11 bits per heavy atom. The predicted octanol–water partition coefficient (Wildman–Crippen LogP) is 5.88. The van der Waals surface area contributed by atoms with E-state index in [1.807, 2.05) is 0 Å². The fraction of sp³-hybridized carbons (Fsp3) is 0.571. The Hall–Kier alpha value is -1.05. The number of carbonyl (C=O) groups is 1. The van der Waals surface area contributed by atoms with Crippen LogP contribution < -0.4 is 5.32 Å². The van der Waals surface area contributed by atoms with Gasteiger partial charge in [-0.3, -0.25) is 4.79 Å². The molecule has 4 nitrogen and oxygen atoms in total. The van der Waals surface area contributed by atoms with Crippen LogP contribution in [0.15, 0.2) is 32.9 Å². The van der Waals surface area contributed by atoms with Crippen molar-refractivity contribution in [3.8, 4) is 0 Å². The van der Waals surface area contributed by atoms with Gasteiger partial charge < -0.3 is 5.32 Å². The molecule has 0 aliphatic heterocycles. The molecule has 7 heteroatoms. The molecule has 1 saturated carbocycles. The number of benzene rings is 1. The van der Waals surface area contributed by atoms with Crippen LogP contribution in [0.2, 0.25) is 0 Å². The van der Waals surface area contributed by atoms with E-state index in [4.69, 9.17) is 0 Å². The number of hydrogen-bond acceptors (Lipinski definition) is 6. The summed E-state index contributed by atoms with van der Waals surface area (Å²) in [5, 5.41) is 11.7. The van der Waals surface area contributed by atoms with Crippen LogP contribution in [0, 0.1) is 0 Å². The van der Waals surface area contributed by atoms with Gasteiger partial charge in [0.25, 0.3) is 0 Å². The highest BCUT2D eigenvalue weighted by Crippen LogP contribution is 2.31. The van der Waals surface area contributed by atoms with Crippen LogP contribution in [0.4, 0.5) is 0 Å². The molecule has 0 unspecified atom stereocenters. The van der Waals surface area contributed by atoms with Crippen LogP contribution in [-0.4, -0.2) is 27.9 Å². The summed E-state index contributed by atoms with van der Waals surface area (Å²) in [7, 11) is 0. The van der Waals surface area contributed by atoms with Crippen molar-refractivity contribution in [3.63, 3.8) is 0 Å². The lowest BCUT2D eigenvalue weighted by atomic mass is 9.95. The van der Waals surface area contributed by atoms with E-state index in [1.54, 1.807) is 34.9 Å². The maximum atomic E-state index is 12.1. The molecular weight excluding hydrogens is 406 g/mol. The first-order valence-electron chi connectivity index (χ1n) is 10.1. The standard InChI is InChI=1S/C21H29N3OS3/c1-15(2)17-10-8-16(9-11-17)14-27-21-24-23-20(28-21)26-13-12-19(25)22-18-6-4-3-5-7-18/h8-11,15,18H,3-7,12-14H2,1-2H3,(H,22,25). The van der Waals surface area contributed by atoms with E-state index in [2.05, 4.69) is 53.6 Å². The van der Waals surface area contributed by atoms with Crippen LogP contribution in [0.5, 0.6) is 0 Å². The SMILES string of the molecule is CC(C)c1ccc(CSc2nnc(SCCC(=O)NC3CCCCC3)s2)cc1. The molecule has 1 aliphatic rings. The van der Waals surface area contributed by atoms with Crippen molar-refractivity contribution in [3.05, 3.63) is 35.4 Å². The summed E-state index contributed by atoms with van der Waals surface area (Å²) in [5.74, 6) is 2.40. The van der Waals surface area contributed by atoms with Crippen molar-refractivity contribution < 1.29 is 4.79 Å². The Balaban J connectivity index is 1.36. The Kier molecular flexibility index (Phi) is 8.67. The van der Waals surface area contributed by atoms with Gasteiger partial charge in [-0.2, -0.15) is 0 Å². The van der Waals surface area contributed by atoms with Gasteiger partial charge in [-0.25, -0.2) is 0 Å². The van der Waals surface area contributed by atoms with E-state index < -0.39 is 0 Å². The summed E-state index contributed by atoms with van der Waals surface area (Å²) in [4.78, 5) is 12.1. The third kappa shape index (κ3) is 7.08. The van der Waals surface area contributed by atoms with Gasteiger partial charge >= 0.3 is 0 Å². The lowest BCUT2D eigenvalue weighted by Gasteiger charge is -2.22. The van der Waals surface area contributed by atoms with Gasteiger partial charge in [-0.1, -0.05) is 92.2 Å². The smallest absolute Gasteiger partial charge is 0.221 e. The maximum Gasteiger partial charge on any atom is 0.221 e. The van der Waals surface area contributed by atoms with Crippen molar-refractivity contribution in [1.29, 1.82) is 0 Å². The van der Waals surface area contributed by atoms with Gasteiger partial charge in [-0.15, -0.1) is 10.2 Å². The highest BCUT2D eigenvalue weighted by atomic mass is 32.2. The molecule has 1 fully saturated rings. The highest BCUT2D eigenvalue weighted by molar-refractivity contribution is 8.02. The second kappa shape index (κ2) is 11.2. The summed E-state index contributed by atoms with van der Waals surface area (Å²) in [6.45, 7) is 4.42. The Bertz CT molecular complexity index is 740. The van der Waals surface area contributed by atoms with Crippen molar-refractivity contribution in [2.75, 3.05) is 5.75 Å². The summed E-state index contributed by atoms with van der Waals surface area (Å²) in [5.41, 5.74) is 2.68. The number of amides is 1. The number of nitrogens with one attached hydrogen (secondary N) is 1. The Labute approximate surface area is 180 Å². The van der Waals surface area contributed by atoms with Crippen molar-refractivity contribution in [1.82, 2.24) is 15.5 Å². The quantitative estimate of drug-likeness (QED) is 0.498. The Morgan fingerprint density at radius 2 is 1.79 bits per heavy atom. The molecule has 2 aromatic rings. The largest absolute Gasteiger partial charge is 0.353 e. The molecular formula is C21H29N3OS3. The van der Waals surface area contributed by atoms with Crippen LogP contribution in [-0.2, 0) is 10.5 Å². The fourth-order valence-electron chi connectivity index (χ4n) is 3.24. The number of rotatable bonds is 9.